The zero-order valence-electron chi connectivity index (χ0n) is 15.5. The number of carbonyl (C=O) groups is 1. The van der Waals surface area contributed by atoms with Gasteiger partial charge in [-0.3, -0.25) is 4.79 Å². The van der Waals surface area contributed by atoms with E-state index >= 15 is 0 Å². The molecule has 2 heterocycles. The lowest BCUT2D eigenvalue weighted by molar-refractivity contribution is -0.945. The lowest BCUT2D eigenvalue weighted by Crippen LogP contribution is -3.12. The number of fused-ring (bicyclic) bond motifs is 1. The highest BCUT2D eigenvalue weighted by Crippen LogP contribution is 2.20. The molecule has 0 saturated heterocycles. The average Bonchev–Trinajstić information content (AvgIpc) is 3.07. The van der Waals surface area contributed by atoms with Crippen molar-refractivity contribution in [2.75, 3.05) is 13.1 Å². The molecule has 134 valence electrons. The summed E-state index contributed by atoms with van der Waals surface area (Å²) in [4.78, 5) is 15.2. The minimum absolute atomic E-state index is 0.0272. The summed E-state index contributed by atoms with van der Waals surface area (Å²) in [6, 6.07) is 13.4. The van der Waals surface area contributed by atoms with Gasteiger partial charge < -0.3 is 10.2 Å². The summed E-state index contributed by atoms with van der Waals surface area (Å²) in [5, 5.41) is 5.33. The van der Waals surface area contributed by atoms with Gasteiger partial charge in [-0.05, 0) is 22.4 Å². The molecule has 3 nitrogen and oxygen atoms in total. The molecule has 0 radical (unpaired) electrons. The number of carbonyl (C=O) groups excluding carboxylic acids is 1. The molecule has 1 unspecified atom stereocenters. The maximum atomic E-state index is 12.3. The van der Waals surface area contributed by atoms with E-state index in [1.807, 2.05) is 0 Å². The molecule has 4 heteroatoms. The predicted molar refractivity (Wildman–Crippen MR) is 104 cm³/mol. The molecule has 1 aliphatic rings. The third kappa shape index (κ3) is 4.93. The highest BCUT2D eigenvalue weighted by Gasteiger charge is 2.29. The third-order valence-electron chi connectivity index (χ3n) is 4.83. The van der Waals surface area contributed by atoms with Crippen LogP contribution in [0, 0.1) is 5.41 Å². The van der Waals surface area contributed by atoms with Gasteiger partial charge in [0.2, 0.25) is 5.91 Å². The summed E-state index contributed by atoms with van der Waals surface area (Å²) >= 11 is 1.80. The van der Waals surface area contributed by atoms with Crippen LogP contribution >= 0.6 is 11.3 Å². The van der Waals surface area contributed by atoms with Crippen LogP contribution in [0.2, 0.25) is 0 Å². The highest BCUT2D eigenvalue weighted by molar-refractivity contribution is 7.10. The number of hydrogen-bond acceptors (Lipinski definition) is 2. The number of nitrogens with one attached hydrogen (secondary N) is 2. The second-order valence-corrected chi connectivity index (χ2v) is 9.19. The fourth-order valence-electron chi connectivity index (χ4n) is 3.60. The molecule has 1 aromatic heterocycles. The first kappa shape index (κ1) is 18.2. The highest BCUT2D eigenvalue weighted by atomic mass is 32.1. The van der Waals surface area contributed by atoms with Gasteiger partial charge in [-0.2, -0.15) is 0 Å². The van der Waals surface area contributed by atoms with E-state index in [4.69, 9.17) is 0 Å². The summed E-state index contributed by atoms with van der Waals surface area (Å²) in [6.07, 6.45) is 1.69. The average molecular weight is 358 g/mol. The summed E-state index contributed by atoms with van der Waals surface area (Å²) in [5.74, 6) is 0.158. The normalized spacial score (nSPS) is 18.4. The van der Waals surface area contributed by atoms with Gasteiger partial charge >= 0.3 is 0 Å². The van der Waals surface area contributed by atoms with E-state index in [9.17, 15) is 4.79 Å². The Hall–Kier alpha value is -1.65. The summed E-state index contributed by atoms with van der Waals surface area (Å²) < 4.78 is 0. The Morgan fingerprint density at radius 2 is 1.96 bits per heavy atom. The van der Waals surface area contributed by atoms with Crippen molar-refractivity contribution < 1.29 is 9.69 Å². The minimum Gasteiger partial charge on any atom is -0.350 e. The maximum absolute atomic E-state index is 12.3. The monoisotopic (exact) mass is 357 g/mol. The van der Waals surface area contributed by atoms with Crippen LogP contribution in [0.4, 0.5) is 0 Å². The molecular formula is C21H29N2OS+. The van der Waals surface area contributed by atoms with Crippen molar-refractivity contribution in [1.29, 1.82) is 0 Å². The largest absolute Gasteiger partial charge is 0.350 e. The van der Waals surface area contributed by atoms with Crippen molar-refractivity contribution in [3.63, 3.8) is 0 Å². The van der Waals surface area contributed by atoms with Gasteiger partial charge in [-0.25, -0.2) is 0 Å². The van der Waals surface area contributed by atoms with Crippen molar-refractivity contribution in [3.8, 4) is 0 Å². The molecule has 1 aromatic carbocycles. The zero-order valence-corrected chi connectivity index (χ0v) is 16.3. The molecule has 3 rings (SSSR count). The first-order valence-corrected chi connectivity index (χ1v) is 10.0. The third-order valence-corrected chi connectivity index (χ3v) is 5.81. The molecule has 0 bridgehead atoms. The number of hydrogen-bond donors (Lipinski definition) is 2. The molecule has 25 heavy (non-hydrogen) atoms. The smallest absolute Gasteiger partial charge is 0.220 e. The maximum Gasteiger partial charge on any atom is 0.220 e. The Morgan fingerprint density at radius 1 is 1.20 bits per heavy atom. The van der Waals surface area contributed by atoms with E-state index in [1.54, 1.807) is 16.2 Å². The first-order valence-electron chi connectivity index (χ1n) is 9.14. The SMILES string of the molecule is CC(C)(C)CC(=O)NC[C@H](c1cccs1)[NH+]1CCc2ccccc2C1. The Bertz CT molecular complexity index is 703. The van der Waals surface area contributed by atoms with Crippen LogP contribution in [0.1, 0.15) is 49.2 Å². The second-order valence-electron chi connectivity index (χ2n) is 8.21. The Labute approximate surface area is 155 Å². The van der Waals surface area contributed by atoms with E-state index in [1.165, 1.54) is 16.0 Å². The fraction of sp³-hybridized carbons (Fsp3) is 0.476. The van der Waals surface area contributed by atoms with E-state index < -0.39 is 0 Å². The molecule has 2 atom stereocenters. The van der Waals surface area contributed by atoms with E-state index in [0.29, 0.717) is 19.0 Å². The van der Waals surface area contributed by atoms with Gasteiger partial charge in [0.15, 0.2) is 0 Å². The summed E-state index contributed by atoms with van der Waals surface area (Å²) in [7, 11) is 0. The topological polar surface area (TPSA) is 33.5 Å². The van der Waals surface area contributed by atoms with Gasteiger partial charge in [-0.15, -0.1) is 11.3 Å². The lowest BCUT2D eigenvalue weighted by atomic mass is 9.92. The molecule has 0 spiro atoms. The molecular weight excluding hydrogens is 328 g/mol. The molecule has 1 aliphatic heterocycles. The van der Waals surface area contributed by atoms with Crippen molar-refractivity contribution in [1.82, 2.24) is 5.32 Å². The first-order chi connectivity index (χ1) is 11.9. The van der Waals surface area contributed by atoms with E-state index in [2.05, 4.69) is 67.9 Å². The number of thiophene rings is 1. The summed E-state index contributed by atoms with van der Waals surface area (Å²) in [5.41, 5.74) is 2.96. The van der Waals surface area contributed by atoms with Crippen LogP contribution in [0.3, 0.4) is 0 Å². The van der Waals surface area contributed by atoms with Crippen LogP contribution in [0.5, 0.6) is 0 Å². The van der Waals surface area contributed by atoms with E-state index in [0.717, 1.165) is 19.5 Å². The molecule has 0 fully saturated rings. The van der Waals surface area contributed by atoms with Gasteiger partial charge in [0.1, 0.15) is 12.6 Å². The predicted octanol–water partition coefficient (Wildman–Crippen LogP) is 2.98. The Kier molecular flexibility index (Phi) is 5.60. The van der Waals surface area contributed by atoms with Crippen LogP contribution in [0.25, 0.3) is 0 Å². The minimum atomic E-state index is 0.0272. The van der Waals surface area contributed by atoms with Gasteiger partial charge in [0.25, 0.3) is 0 Å². The fourth-order valence-corrected chi connectivity index (χ4v) is 4.48. The van der Waals surface area contributed by atoms with Crippen LogP contribution in [-0.4, -0.2) is 19.0 Å². The van der Waals surface area contributed by atoms with Gasteiger partial charge in [-0.1, -0.05) is 51.1 Å². The molecule has 2 N–H and O–H groups in total. The Balaban J connectivity index is 1.70. The number of rotatable bonds is 5. The van der Waals surface area contributed by atoms with Crippen molar-refractivity contribution in [3.05, 3.63) is 57.8 Å². The van der Waals surface area contributed by atoms with Crippen molar-refractivity contribution >= 4 is 17.2 Å². The summed E-state index contributed by atoms with van der Waals surface area (Å²) in [6.45, 7) is 9.19. The number of quaternary nitrogens is 1. The van der Waals surface area contributed by atoms with Gasteiger partial charge in [0.05, 0.1) is 18.0 Å². The van der Waals surface area contributed by atoms with Gasteiger partial charge in [0, 0.05) is 18.4 Å². The zero-order chi connectivity index (χ0) is 17.9. The van der Waals surface area contributed by atoms with E-state index in [-0.39, 0.29) is 11.3 Å². The van der Waals surface area contributed by atoms with Crippen LogP contribution in [-0.2, 0) is 17.8 Å². The molecule has 0 saturated carbocycles. The Morgan fingerprint density at radius 3 is 2.64 bits per heavy atom. The number of benzene rings is 1. The standard InChI is InChI=1S/C21H28N2OS/c1-21(2,3)13-20(24)22-14-18(19-9-6-12-25-19)23-11-10-16-7-4-5-8-17(16)15-23/h4-9,12,18H,10-11,13-15H2,1-3H3,(H,22,24)/p+1/t18-/m1/s1. The second kappa shape index (κ2) is 7.71. The van der Waals surface area contributed by atoms with Crippen molar-refractivity contribution in [2.24, 2.45) is 5.41 Å². The molecule has 0 aliphatic carbocycles. The van der Waals surface area contributed by atoms with Crippen molar-refractivity contribution in [2.45, 2.75) is 46.2 Å². The molecule has 1 amide bonds. The number of amides is 1. The quantitative estimate of drug-likeness (QED) is 0.847. The van der Waals surface area contributed by atoms with Crippen LogP contribution < -0.4 is 10.2 Å². The lowest BCUT2D eigenvalue weighted by Gasteiger charge is -2.32. The van der Waals surface area contributed by atoms with Crippen LogP contribution in [0.15, 0.2) is 41.8 Å². The molecule has 2 aromatic rings.